The van der Waals surface area contributed by atoms with Crippen LogP contribution < -0.4 is 15.6 Å². The fraction of sp³-hybridized carbons (Fsp3) is 0.185. The minimum atomic E-state index is -0.679. The third kappa shape index (κ3) is 6.67. The summed E-state index contributed by atoms with van der Waals surface area (Å²) >= 11 is 15.4. The molecule has 0 aliphatic heterocycles. The second-order valence-corrected chi connectivity index (χ2v) is 10.5. The lowest BCUT2D eigenvalue weighted by Gasteiger charge is -2.14. The zero-order valence-corrected chi connectivity index (χ0v) is 24.3. The molecule has 13 heteroatoms. The van der Waals surface area contributed by atoms with E-state index in [9.17, 15) is 19.7 Å². The van der Waals surface area contributed by atoms with Crippen molar-refractivity contribution >= 4 is 73.5 Å². The van der Waals surface area contributed by atoms with E-state index in [2.05, 4.69) is 31.3 Å². The minimum Gasteiger partial charge on any atom is -0.476 e. The predicted octanol–water partition coefficient (Wildman–Crippen LogP) is 6.79. The number of nitro groups is 1. The van der Waals surface area contributed by atoms with Gasteiger partial charge in [-0.25, -0.2) is 4.98 Å². The van der Waals surface area contributed by atoms with Crippen LogP contribution in [0.5, 0.6) is 5.75 Å². The number of carbonyl (C=O) groups excluding carboxylic acids is 1. The SMILES string of the molecule is CC[C@H](C)c1nc2ccc(Br)cc2c(=O)n1N=Cc1cc(Cl)cc([N+](=O)[O-])c1OCC(=O)Nc1ccc(Cl)cc1. The zero-order chi connectivity index (χ0) is 29.0. The van der Waals surface area contributed by atoms with E-state index in [1.165, 1.54) is 12.3 Å². The average molecular weight is 647 g/mol. The topological polar surface area (TPSA) is 129 Å². The molecule has 1 N–H and O–H groups in total. The van der Waals surface area contributed by atoms with E-state index < -0.39 is 28.7 Å². The Kier molecular flexibility index (Phi) is 9.18. The van der Waals surface area contributed by atoms with Crippen molar-refractivity contribution in [3.05, 3.63) is 101 Å². The molecule has 4 rings (SSSR count). The first-order valence-corrected chi connectivity index (χ1v) is 13.5. The number of hydrogen-bond donors (Lipinski definition) is 1. The van der Waals surface area contributed by atoms with Crippen molar-refractivity contribution in [2.24, 2.45) is 5.10 Å². The van der Waals surface area contributed by atoms with Crippen LogP contribution in [0.1, 0.15) is 37.6 Å². The van der Waals surface area contributed by atoms with Gasteiger partial charge in [-0.05, 0) is 55.0 Å². The number of anilines is 1. The molecule has 0 fully saturated rings. The van der Waals surface area contributed by atoms with Crippen LogP contribution in [0.3, 0.4) is 0 Å². The number of halogens is 3. The van der Waals surface area contributed by atoms with Gasteiger partial charge in [0.25, 0.3) is 11.5 Å². The maximum atomic E-state index is 13.4. The minimum absolute atomic E-state index is 0.0428. The summed E-state index contributed by atoms with van der Waals surface area (Å²) in [5, 5.41) is 19.7. The van der Waals surface area contributed by atoms with Crippen molar-refractivity contribution in [2.75, 3.05) is 11.9 Å². The van der Waals surface area contributed by atoms with Crippen molar-refractivity contribution in [2.45, 2.75) is 26.2 Å². The molecular weight excluding hydrogens is 625 g/mol. The van der Waals surface area contributed by atoms with Crippen molar-refractivity contribution in [3.8, 4) is 5.75 Å². The fourth-order valence-electron chi connectivity index (χ4n) is 3.76. The number of hydrogen-bond acceptors (Lipinski definition) is 7. The number of amides is 1. The van der Waals surface area contributed by atoms with Gasteiger partial charge < -0.3 is 10.1 Å². The van der Waals surface area contributed by atoms with Gasteiger partial charge in [0.1, 0.15) is 5.82 Å². The number of benzene rings is 3. The third-order valence-electron chi connectivity index (χ3n) is 5.93. The molecular formula is C27H22BrCl2N5O5. The highest BCUT2D eigenvalue weighted by Crippen LogP contribution is 2.34. The first kappa shape index (κ1) is 29.2. The molecule has 0 saturated heterocycles. The van der Waals surface area contributed by atoms with Crippen LogP contribution in [-0.4, -0.2) is 33.3 Å². The zero-order valence-electron chi connectivity index (χ0n) is 21.2. The van der Waals surface area contributed by atoms with Crippen LogP contribution in [0.4, 0.5) is 11.4 Å². The van der Waals surface area contributed by atoms with Crippen LogP contribution in [-0.2, 0) is 4.79 Å². The van der Waals surface area contributed by atoms with E-state index in [1.54, 1.807) is 42.5 Å². The first-order chi connectivity index (χ1) is 19.1. The lowest BCUT2D eigenvalue weighted by Crippen LogP contribution is -2.24. The predicted molar refractivity (Wildman–Crippen MR) is 159 cm³/mol. The Hall–Kier alpha value is -3.80. The van der Waals surface area contributed by atoms with Crippen LogP contribution in [0, 0.1) is 10.1 Å². The van der Waals surface area contributed by atoms with Crippen molar-refractivity contribution < 1.29 is 14.5 Å². The summed E-state index contributed by atoms with van der Waals surface area (Å²) in [6.07, 6.45) is 1.91. The van der Waals surface area contributed by atoms with E-state index >= 15 is 0 Å². The molecule has 0 bridgehead atoms. The van der Waals surface area contributed by atoms with Crippen molar-refractivity contribution in [1.29, 1.82) is 0 Å². The number of nitrogens with zero attached hydrogens (tertiary/aromatic N) is 4. The van der Waals surface area contributed by atoms with Gasteiger partial charge in [0, 0.05) is 37.8 Å². The van der Waals surface area contributed by atoms with Crippen molar-refractivity contribution in [1.82, 2.24) is 9.66 Å². The summed E-state index contributed by atoms with van der Waals surface area (Å²) < 4.78 is 7.46. The molecule has 0 saturated carbocycles. The third-order valence-corrected chi connectivity index (χ3v) is 6.90. The lowest BCUT2D eigenvalue weighted by molar-refractivity contribution is -0.385. The summed E-state index contributed by atoms with van der Waals surface area (Å²) in [4.78, 5) is 41.7. The summed E-state index contributed by atoms with van der Waals surface area (Å²) in [6, 6.07) is 14.1. The summed E-state index contributed by atoms with van der Waals surface area (Å²) in [6.45, 7) is 3.32. The molecule has 0 aliphatic carbocycles. The number of carbonyl (C=O) groups is 1. The molecule has 40 heavy (non-hydrogen) atoms. The fourth-order valence-corrected chi connectivity index (χ4v) is 4.46. The average Bonchev–Trinajstić information content (AvgIpc) is 2.92. The van der Waals surface area contributed by atoms with Crippen LogP contribution in [0.15, 0.2) is 69.0 Å². The van der Waals surface area contributed by atoms with Gasteiger partial charge in [-0.3, -0.25) is 19.7 Å². The van der Waals surface area contributed by atoms with Gasteiger partial charge in [-0.15, -0.1) is 0 Å². The van der Waals surface area contributed by atoms with Gasteiger partial charge in [-0.1, -0.05) is 53.0 Å². The maximum absolute atomic E-state index is 13.4. The van der Waals surface area contributed by atoms with Gasteiger partial charge in [0.05, 0.1) is 22.0 Å². The molecule has 10 nitrogen and oxygen atoms in total. The van der Waals surface area contributed by atoms with Gasteiger partial charge in [0.2, 0.25) is 5.75 Å². The molecule has 3 aromatic carbocycles. The Morgan fingerprint density at radius 2 is 1.93 bits per heavy atom. The van der Waals surface area contributed by atoms with E-state index in [-0.39, 0.29) is 22.3 Å². The highest BCUT2D eigenvalue weighted by atomic mass is 79.9. The number of ether oxygens (including phenoxy) is 1. The number of aromatic nitrogens is 2. The lowest BCUT2D eigenvalue weighted by atomic mass is 10.1. The molecule has 0 aliphatic rings. The molecule has 0 spiro atoms. The number of nitrogens with one attached hydrogen (secondary N) is 1. The number of nitro benzene ring substituents is 1. The second kappa shape index (κ2) is 12.6. The summed E-state index contributed by atoms with van der Waals surface area (Å²) in [5.41, 5.74) is 0.194. The van der Waals surface area contributed by atoms with Crippen LogP contribution in [0.2, 0.25) is 10.0 Å². The van der Waals surface area contributed by atoms with Crippen LogP contribution in [0.25, 0.3) is 10.9 Å². The Balaban J connectivity index is 1.74. The standard InChI is InChI=1S/C27H22BrCl2N5O5/c1-3-15(2)26-33-22-9-4-17(28)11-21(22)27(37)34(26)31-13-16-10-19(30)12-23(35(38)39)25(16)40-14-24(36)32-20-7-5-18(29)6-8-20/h4-13,15H,3,14H2,1-2H3,(H,32,36)/t15-/m0/s1. The normalized spacial score (nSPS) is 12.0. The van der Waals surface area contributed by atoms with Gasteiger partial charge >= 0.3 is 5.69 Å². The summed E-state index contributed by atoms with van der Waals surface area (Å²) in [5.74, 6) is -0.508. The molecule has 1 heterocycles. The van der Waals surface area contributed by atoms with Gasteiger partial charge in [-0.2, -0.15) is 9.78 Å². The Labute approximate surface area is 246 Å². The maximum Gasteiger partial charge on any atom is 0.313 e. The molecule has 0 radical (unpaired) electrons. The molecule has 1 aromatic heterocycles. The Bertz CT molecular complexity index is 1690. The quantitative estimate of drug-likeness (QED) is 0.121. The molecule has 4 aromatic rings. The largest absolute Gasteiger partial charge is 0.476 e. The van der Waals surface area contributed by atoms with Crippen LogP contribution >= 0.6 is 39.1 Å². The smallest absolute Gasteiger partial charge is 0.313 e. The van der Waals surface area contributed by atoms with Crippen molar-refractivity contribution in [3.63, 3.8) is 0 Å². The van der Waals surface area contributed by atoms with E-state index in [4.69, 9.17) is 27.9 Å². The van der Waals surface area contributed by atoms with E-state index in [0.29, 0.717) is 38.3 Å². The highest BCUT2D eigenvalue weighted by Gasteiger charge is 2.22. The monoisotopic (exact) mass is 645 g/mol. The van der Waals surface area contributed by atoms with Gasteiger partial charge in [0.15, 0.2) is 6.61 Å². The number of rotatable bonds is 9. The number of fused-ring (bicyclic) bond motifs is 1. The summed E-state index contributed by atoms with van der Waals surface area (Å²) in [7, 11) is 0. The Morgan fingerprint density at radius 1 is 1.20 bits per heavy atom. The Morgan fingerprint density at radius 3 is 2.60 bits per heavy atom. The first-order valence-electron chi connectivity index (χ1n) is 12.0. The second-order valence-electron chi connectivity index (χ2n) is 8.75. The molecule has 1 atom stereocenters. The highest BCUT2D eigenvalue weighted by molar-refractivity contribution is 9.10. The molecule has 1 amide bonds. The molecule has 0 unspecified atom stereocenters. The molecule has 206 valence electrons. The van der Waals surface area contributed by atoms with E-state index in [1.807, 2.05) is 13.8 Å². The van der Waals surface area contributed by atoms with E-state index in [0.717, 1.165) is 10.7 Å².